The predicted molar refractivity (Wildman–Crippen MR) is 79.8 cm³/mol. The van der Waals surface area contributed by atoms with Gasteiger partial charge in [0.25, 0.3) is 18.2 Å². The average molecular weight is 456 g/mol. The van der Waals surface area contributed by atoms with Crippen LogP contribution < -0.4 is 0 Å². The van der Waals surface area contributed by atoms with Crippen LogP contribution in [0.3, 0.4) is 0 Å². The Morgan fingerprint density at radius 1 is 0.857 bits per heavy atom. The van der Waals surface area contributed by atoms with Gasteiger partial charge in [-0.3, -0.25) is 9.29 Å². The van der Waals surface area contributed by atoms with Crippen molar-refractivity contribution >= 4 is 10.1 Å². The van der Waals surface area contributed by atoms with Gasteiger partial charge in [-0.05, 0) is 19.8 Å². The summed E-state index contributed by atoms with van der Waals surface area (Å²) in [5.41, 5.74) is -6.05. The maximum Gasteiger partial charge on any atom is 0.460 e. The van der Waals surface area contributed by atoms with Gasteiger partial charge in [-0.2, -0.15) is 26.0 Å². The van der Waals surface area contributed by atoms with E-state index in [1.807, 2.05) is 0 Å². The van der Waals surface area contributed by atoms with Gasteiger partial charge in [-0.15, -0.1) is 0 Å². The molecule has 0 spiro atoms. The van der Waals surface area contributed by atoms with E-state index >= 15 is 4.39 Å². The Bertz CT molecular complexity index is 664. The van der Waals surface area contributed by atoms with Crippen LogP contribution in [0.15, 0.2) is 0 Å². The molecule has 0 saturated carbocycles. The molecule has 28 heavy (non-hydrogen) atoms. The summed E-state index contributed by atoms with van der Waals surface area (Å²) in [4.78, 5) is 0. The molecule has 3 unspecified atom stereocenters. The third kappa shape index (κ3) is 3.83. The second-order valence-corrected chi connectivity index (χ2v) is 8.28. The Morgan fingerprint density at radius 2 is 1.21 bits per heavy atom. The number of halogens is 9. The van der Waals surface area contributed by atoms with Crippen molar-refractivity contribution < 1.29 is 57.2 Å². The summed E-state index contributed by atoms with van der Waals surface area (Å²) < 4.78 is 157. The maximum atomic E-state index is 15.2. The van der Waals surface area contributed by atoms with E-state index < -0.39 is 63.4 Å². The topological polar surface area (TPSA) is 63.6 Å². The lowest BCUT2D eigenvalue weighted by Gasteiger charge is -2.55. The molecule has 0 rings (SSSR count). The second kappa shape index (κ2) is 7.49. The van der Waals surface area contributed by atoms with Gasteiger partial charge in [0.1, 0.15) is 0 Å². The summed E-state index contributed by atoms with van der Waals surface area (Å²) in [6.45, 7) is 3.01. The second-order valence-electron chi connectivity index (χ2n) is 6.82. The highest BCUT2D eigenvalue weighted by atomic mass is 32.2. The van der Waals surface area contributed by atoms with Crippen LogP contribution >= 0.6 is 0 Å². The van der Waals surface area contributed by atoms with E-state index in [0.717, 1.165) is 13.8 Å². The zero-order valence-electron chi connectivity index (χ0n) is 15.5. The van der Waals surface area contributed by atoms with E-state index in [2.05, 4.69) is 4.74 Å². The molecule has 3 atom stereocenters. The standard InChI is InChI=1S/C14H21F9O4S/c1-6-9(3,11(5,17)18)10(4,7-2)12(19,8(15)16)27-13(20,21)14(22,23)28(24,25)26/h8H,6-7H2,1-5H3,(H,24,25,26). The van der Waals surface area contributed by atoms with Gasteiger partial charge < -0.3 is 0 Å². The van der Waals surface area contributed by atoms with Gasteiger partial charge in [0.05, 0.1) is 0 Å². The monoisotopic (exact) mass is 456 g/mol. The predicted octanol–water partition coefficient (Wildman–Crippen LogP) is 5.50. The summed E-state index contributed by atoms with van der Waals surface area (Å²) in [7, 11) is -6.95. The van der Waals surface area contributed by atoms with Crippen molar-refractivity contribution in [3.05, 3.63) is 0 Å². The highest BCUT2D eigenvalue weighted by molar-refractivity contribution is 7.86. The minimum atomic E-state index is -6.95. The Hall–Kier alpha value is -0.760. The molecule has 4 nitrogen and oxygen atoms in total. The van der Waals surface area contributed by atoms with Crippen LogP contribution in [-0.2, 0) is 14.9 Å². The van der Waals surface area contributed by atoms with Crippen LogP contribution in [-0.4, -0.2) is 42.5 Å². The van der Waals surface area contributed by atoms with Crippen LogP contribution in [0.4, 0.5) is 39.5 Å². The van der Waals surface area contributed by atoms with Gasteiger partial charge in [-0.25, -0.2) is 22.0 Å². The van der Waals surface area contributed by atoms with Gasteiger partial charge in [0, 0.05) is 10.8 Å². The van der Waals surface area contributed by atoms with Crippen LogP contribution in [0.1, 0.15) is 47.5 Å². The number of hydrogen-bond acceptors (Lipinski definition) is 3. The van der Waals surface area contributed by atoms with E-state index in [0.29, 0.717) is 13.8 Å². The smallest absolute Gasteiger partial charge is 0.281 e. The van der Waals surface area contributed by atoms with Gasteiger partial charge in [-0.1, -0.05) is 27.7 Å². The van der Waals surface area contributed by atoms with Crippen molar-refractivity contribution in [3.63, 3.8) is 0 Å². The molecule has 1 N–H and O–H groups in total. The Balaban J connectivity index is 6.82. The normalized spacial score (nSPS) is 21.1. The zero-order chi connectivity index (χ0) is 23.2. The molecule has 0 aromatic carbocycles. The summed E-state index contributed by atoms with van der Waals surface area (Å²) in [5.74, 6) is -9.15. The van der Waals surface area contributed by atoms with Gasteiger partial charge in [0.2, 0.25) is 0 Å². The Kier molecular flexibility index (Phi) is 7.29. The van der Waals surface area contributed by atoms with E-state index in [-0.39, 0.29) is 6.92 Å². The number of alkyl halides is 9. The lowest BCUT2D eigenvalue weighted by Crippen LogP contribution is -2.66. The Morgan fingerprint density at radius 3 is 1.43 bits per heavy atom. The van der Waals surface area contributed by atoms with Gasteiger partial charge in [0.15, 0.2) is 0 Å². The molecule has 0 aliphatic carbocycles. The van der Waals surface area contributed by atoms with Crippen LogP contribution in [0.5, 0.6) is 0 Å². The SMILES string of the molecule is CCC(C)(C(C)(F)F)C(C)(CC)C(F)(OC(F)(F)C(F)(F)S(=O)(=O)O)C(F)F. The summed E-state index contributed by atoms with van der Waals surface area (Å²) in [6.07, 6.45) is -13.0. The first-order valence-electron chi connectivity index (χ1n) is 7.80. The molecule has 0 saturated heterocycles. The summed E-state index contributed by atoms with van der Waals surface area (Å²) in [5, 5.41) is -6.54. The first kappa shape index (κ1) is 27.2. The lowest BCUT2D eigenvalue weighted by atomic mass is 9.56. The van der Waals surface area contributed by atoms with Gasteiger partial charge >= 0.3 is 21.5 Å². The molecule has 0 radical (unpaired) electrons. The van der Waals surface area contributed by atoms with Crippen molar-refractivity contribution in [2.24, 2.45) is 10.8 Å². The molecule has 0 bridgehead atoms. The molecule has 0 aliphatic rings. The Labute approximate surface area is 156 Å². The van der Waals surface area contributed by atoms with Crippen LogP contribution in [0.25, 0.3) is 0 Å². The molecule has 0 amide bonds. The molecule has 0 fully saturated rings. The zero-order valence-corrected chi connectivity index (χ0v) is 16.3. The molecule has 0 heterocycles. The number of ether oxygens (including phenoxy) is 1. The third-order valence-corrected chi connectivity index (χ3v) is 6.46. The number of rotatable bonds is 10. The fraction of sp³-hybridized carbons (Fsp3) is 1.00. The van der Waals surface area contributed by atoms with E-state index in [9.17, 15) is 43.5 Å². The molecular weight excluding hydrogens is 435 g/mol. The number of hydrogen-bond donors (Lipinski definition) is 1. The lowest BCUT2D eigenvalue weighted by molar-refractivity contribution is -0.440. The highest BCUT2D eigenvalue weighted by Gasteiger charge is 2.76. The molecular formula is C14H21F9O4S. The summed E-state index contributed by atoms with van der Waals surface area (Å²) in [6, 6.07) is 0. The van der Waals surface area contributed by atoms with Crippen LogP contribution in [0, 0.1) is 10.8 Å². The molecule has 0 aliphatic heterocycles. The van der Waals surface area contributed by atoms with E-state index in [1.165, 1.54) is 0 Å². The van der Waals surface area contributed by atoms with Crippen LogP contribution in [0.2, 0.25) is 0 Å². The van der Waals surface area contributed by atoms with Crippen molar-refractivity contribution in [1.82, 2.24) is 0 Å². The molecule has 0 aromatic rings. The molecule has 170 valence electrons. The first-order valence-corrected chi connectivity index (χ1v) is 9.24. The summed E-state index contributed by atoms with van der Waals surface area (Å²) >= 11 is 0. The van der Waals surface area contributed by atoms with Crippen molar-refractivity contribution in [3.8, 4) is 0 Å². The fourth-order valence-electron chi connectivity index (χ4n) is 2.99. The quantitative estimate of drug-likeness (QED) is 0.349. The molecule has 14 heteroatoms. The van der Waals surface area contributed by atoms with Crippen molar-refractivity contribution in [1.29, 1.82) is 0 Å². The minimum absolute atomic E-state index is 0.196. The van der Waals surface area contributed by atoms with Crippen molar-refractivity contribution in [2.75, 3.05) is 0 Å². The molecule has 0 aromatic heterocycles. The highest BCUT2D eigenvalue weighted by Crippen LogP contribution is 2.63. The van der Waals surface area contributed by atoms with Crippen molar-refractivity contribution in [2.45, 2.75) is 77.0 Å². The third-order valence-electron chi connectivity index (χ3n) is 5.57. The van der Waals surface area contributed by atoms with E-state index in [4.69, 9.17) is 4.55 Å². The largest absolute Gasteiger partial charge is 0.460 e. The van der Waals surface area contributed by atoms with E-state index in [1.54, 1.807) is 0 Å². The fourth-order valence-corrected chi connectivity index (χ4v) is 3.33. The maximum absolute atomic E-state index is 15.2. The first-order chi connectivity index (χ1) is 12.0. The average Bonchev–Trinajstić information content (AvgIpc) is 2.49. The minimum Gasteiger partial charge on any atom is -0.281 e.